The van der Waals surface area contributed by atoms with Gasteiger partial charge in [-0.05, 0) is 32.3 Å². The second-order valence-corrected chi connectivity index (χ2v) is 5.67. The van der Waals surface area contributed by atoms with E-state index in [1.165, 1.54) is 11.3 Å². The number of amides is 1. The zero-order valence-electron chi connectivity index (χ0n) is 11.1. The minimum absolute atomic E-state index is 0.000324. The lowest BCUT2D eigenvalue weighted by Crippen LogP contribution is -2.46. The molecule has 1 amide bonds. The topological polar surface area (TPSA) is 55.1 Å². The maximum atomic E-state index is 12.1. The minimum atomic E-state index is -0.0796. The van der Waals surface area contributed by atoms with Gasteiger partial charge in [0.1, 0.15) is 0 Å². The summed E-state index contributed by atoms with van der Waals surface area (Å²) in [5.41, 5.74) is 6.39. The number of aryl methyl sites for hydroxylation is 1. The lowest BCUT2D eigenvalue weighted by molar-refractivity contribution is 0.0892. The van der Waals surface area contributed by atoms with Gasteiger partial charge in [-0.3, -0.25) is 4.79 Å². The maximum Gasteiger partial charge on any atom is 0.261 e. The van der Waals surface area contributed by atoms with Gasteiger partial charge in [0, 0.05) is 16.1 Å². The molecule has 0 fully saturated rings. The molecule has 0 aliphatic rings. The monoisotopic (exact) mass is 254 g/mol. The molecule has 1 rings (SSSR count). The summed E-state index contributed by atoms with van der Waals surface area (Å²) in [6.45, 7) is 8.27. The van der Waals surface area contributed by atoms with Gasteiger partial charge in [0.2, 0.25) is 0 Å². The summed E-state index contributed by atoms with van der Waals surface area (Å²) in [5.74, 6) is 0.000324. The van der Waals surface area contributed by atoms with Gasteiger partial charge in [-0.2, -0.15) is 0 Å². The summed E-state index contributed by atoms with van der Waals surface area (Å²) >= 11 is 1.46. The molecule has 0 unspecified atom stereocenters. The van der Waals surface area contributed by atoms with Gasteiger partial charge < -0.3 is 11.1 Å². The average molecular weight is 254 g/mol. The second-order valence-electron chi connectivity index (χ2n) is 4.42. The first-order valence-corrected chi connectivity index (χ1v) is 6.98. The molecule has 0 aliphatic heterocycles. The predicted molar refractivity (Wildman–Crippen MR) is 74.5 cm³/mol. The van der Waals surface area contributed by atoms with Crippen molar-refractivity contribution in [3.05, 3.63) is 15.8 Å². The molecular formula is C13H22N2OS. The molecule has 0 bridgehead atoms. The van der Waals surface area contributed by atoms with Crippen LogP contribution in [-0.4, -0.2) is 11.4 Å². The van der Waals surface area contributed by atoms with Gasteiger partial charge >= 0.3 is 0 Å². The molecule has 17 heavy (non-hydrogen) atoms. The van der Waals surface area contributed by atoms with E-state index in [1.54, 1.807) is 6.07 Å². The van der Waals surface area contributed by atoms with E-state index in [2.05, 4.69) is 26.1 Å². The number of carbonyl (C=O) groups excluding carboxylic acids is 1. The van der Waals surface area contributed by atoms with Crippen molar-refractivity contribution in [1.82, 2.24) is 5.32 Å². The predicted octanol–water partition coefficient (Wildman–Crippen LogP) is 3.34. The number of hydrogen-bond donors (Lipinski definition) is 2. The SMILES string of the molecule is CCC(CC)(CC)NC(=O)c1cc(N)c(C)s1. The smallest absolute Gasteiger partial charge is 0.261 e. The number of carbonyl (C=O) groups is 1. The summed E-state index contributed by atoms with van der Waals surface area (Å²) in [5, 5.41) is 3.15. The van der Waals surface area contributed by atoms with Gasteiger partial charge in [-0.15, -0.1) is 11.3 Å². The Bertz CT molecular complexity index is 366. The fourth-order valence-electron chi connectivity index (χ4n) is 1.93. The highest BCUT2D eigenvalue weighted by Crippen LogP contribution is 2.25. The van der Waals surface area contributed by atoms with Crippen LogP contribution in [0.5, 0.6) is 0 Å². The van der Waals surface area contributed by atoms with Crippen molar-refractivity contribution >= 4 is 22.9 Å². The third kappa shape index (κ3) is 3.00. The average Bonchev–Trinajstić information content (AvgIpc) is 2.67. The van der Waals surface area contributed by atoms with Crippen LogP contribution in [0.15, 0.2) is 6.07 Å². The fourth-order valence-corrected chi connectivity index (χ4v) is 2.76. The Kier molecular flexibility index (Phi) is 4.57. The zero-order valence-corrected chi connectivity index (χ0v) is 11.9. The number of nitrogens with two attached hydrogens (primary N) is 1. The standard InChI is InChI=1S/C13H22N2OS/c1-5-13(6-2,7-3)15-12(16)11-8-10(14)9(4)17-11/h8H,5-7,14H2,1-4H3,(H,15,16). The van der Waals surface area contributed by atoms with E-state index >= 15 is 0 Å². The van der Waals surface area contributed by atoms with Crippen molar-refractivity contribution in [3.8, 4) is 0 Å². The van der Waals surface area contributed by atoms with E-state index < -0.39 is 0 Å². The highest BCUT2D eigenvalue weighted by Gasteiger charge is 2.26. The van der Waals surface area contributed by atoms with E-state index in [0.717, 1.165) is 24.1 Å². The van der Waals surface area contributed by atoms with E-state index in [9.17, 15) is 4.79 Å². The number of anilines is 1. The molecule has 1 heterocycles. The molecule has 96 valence electrons. The number of nitrogen functional groups attached to an aromatic ring is 1. The van der Waals surface area contributed by atoms with Crippen LogP contribution in [0.1, 0.15) is 54.6 Å². The molecule has 1 aromatic rings. The van der Waals surface area contributed by atoms with Crippen molar-refractivity contribution in [2.75, 3.05) is 5.73 Å². The van der Waals surface area contributed by atoms with Crippen LogP contribution in [-0.2, 0) is 0 Å². The Hall–Kier alpha value is -1.03. The van der Waals surface area contributed by atoms with E-state index in [-0.39, 0.29) is 11.4 Å². The van der Waals surface area contributed by atoms with Crippen LogP contribution in [0, 0.1) is 6.92 Å². The van der Waals surface area contributed by atoms with Crippen molar-refractivity contribution in [1.29, 1.82) is 0 Å². The Balaban J connectivity index is 2.84. The molecule has 0 aromatic carbocycles. The summed E-state index contributed by atoms with van der Waals surface area (Å²) < 4.78 is 0. The third-order valence-electron chi connectivity index (χ3n) is 3.59. The molecule has 0 spiro atoms. The van der Waals surface area contributed by atoms with Crippen LogP contribution in [0.3, 0.4) is 0 Å². The quantitative estimate of drug-likeness (QED) is 0.846. The van der Waals surface area contributed by atoms with Crippen LogP contribution < -0.4 is 11.1 Å². The number of thiophene rings is 1. The van der Waals surface area contributed by atoms with Crippen molar-refractivity contribution < 1.29 is 4.79 Å². The first-order valence-electron chi connectivity index (χ1n) is 6.16. The number of nitrogens with one attached hydrogen (secondary N) is 1. The zero-order chi connectivity index (χ0) is 13.1. The summed E-state index contributed by atoms with van der Waals surface area (Å²) in [6, 6.07) is 1.76. The first kappa shape index (κ1) is 14.0. The Morgan fingerprint density at radius 3 is 2.24 bits per heavy atom. The maximum absolute atomic E-state index is 12.1. The van der Waals surface area contributed by atoms with Crippen LogP contribution in [0.25, 0.3) is 0 Å². The normalized spacial score (nSPS) is 11.5. The lowest BCUT2D eigenvalue weighted by atomic mass is 9.90. The van der Waals surface area contributed by atoms with Gasteiger partial charge in [0.15, 0.2) is 0 Å². The minimum Gasteiger partial charge on any atom is -0.398 e. The number of hydrogen-bond acceptors (Lipinski definition) is 3. The van der Waals surface area contributed by atoms with Gasteiger partial charge in [-0.1, -0.05) is 20.8 Å². The Labute approximate surface area is 107 Å². The molecule has 0 saturated heterocycles. The lowest BCUT2D eigenvalue weighted by Gasteiger charge is -2.31. The van der Waals surface area contributed by atoms with Gasteiger partial charge in [0.05, 0.1) is 4.88 Å². The van der Waals surface area contributed by atoms with Crippen LogP contribution >= 0.6 is 11.3 Å². The van der Waals surface area contributed by atoms with Crippen molar-refractivity contribution in [2.45, 2.75) is 52.5 Å². The molecule has 0 saturated carbocycles. The molecule has 0 radical (unpaired) electrons. The highest BCUT2D eigenvalue weighted by molar-refractivity contribution is 7.14. The second kappa shape index (κ2) is 5.54. The van der Waals surface area contributed by atoms with Crippen molar-refractivity contribution in [3.63, 3.8) is 0 Å². The van der Waals surface area contributed by atoms with E-state index in [0.29, 0.717) is 10.6 Å². The summed E-state index contributed by atoms with van der Waals surface area (Å²) in [7, 11) is 0. The first-order chi connectivity index (χ1) is 7.98. The summed E-state index contributed by atoms with van der Waals surface area (Å²) in [4.78, 5) is 13.9. The molecule has 0 atom stereocenters. The van der Waals surface area contributed by atoms with Crippen LogP contribution in [0.2, 0.25) is 0 Å². The molecule has 1 aromatic heterocycles. The Morgan fingerprint density at radius 1 is 1.35 bits per heavy atom. The van der Waals surface area contributed by atoms with Gasteiger partial charge in [-0.25, -0.2) is 0 Å². The van der Waals surface area contributed by atoms with Gasteiger partial charge in [0.25, 0.3) is 5.91 Å². The molecule has 4 heteroatoms. The molecular weight excluding hydrogens is 232 g/mol. The third-order valence-corrected chi connectivity index (χ3v) is 4.65. The Morgan fingerprint density at radius 2 is 1.88 bits per heavy atom. The molecule has 0 aliphatic carbocycles. The van der Waals surface area contributed by atoms with Crippen LogP contribution in [0.4, 0.5) is 5.69 Å². The van der Waals surface area contributed by atoms with Crippen molar-refractivity contribution in [2.24, 2.45) is 0 Å². The molecule has 3 N–H and O–H groups in total. The fraction of sp³-hybridized carbons (Fsp3) is 0.615. The highest BCUT2D eigenvalue weighted by atomic mass is 32.1. The number of rotatable bonds is 5. The molecule has 3 nitrogen and oxygen atoms in total. The largest absolute Gasteiger partial charge is 0.398 e. The van der Waals surface area contributed by atoms with E-state index in [4.69, 9.17) is 5.73 Å². The summed E-state index contributed by atoms with van der Waals surface area (Å²) in [6.07, 6.45) is 2.85. The van der Waals surface area contributed by atoms with E-state index in [1.807, 2.05) is 6.92 Å².